The summed E-state index contributed by atoms with van der Waals surface area (Å²) in [6.45, 7) is 0.476. The Hall–Kier alpha value is -2.49. The molecule has 1 N–H and O–H groups in total. The van der Waals surface area contributed by atoms with Gasteiger partial charge in [0, 0.05) is 22.2 Å². The van der Waals surface area contributed by atoms with E-state index in [1.807, 2.05) is 42.5 Å². The number of hydrogen-bond donors (Lipinski definition) is 1. The highest BCUT2D eigenvalue weighted by Gasteiger charge is 2.08. The second kappa shape index (κ2) is 8.75. The summed E-state index contributed by atoms with van der Waals surface area (Å²) < 4.78 is 5.76. The van der Waals surface area contributed by atoms with E-state index >= 15 is 0 Å². The molecule has 0 radical (unpaired) electrons. The van der Waals surface area contributed by atoms with Gasteiger partial charge in [0.15, 0.2) is 0 Å². The van der Waals surface area contributed by atoms with Crippen LogP contribution in [0.5, 0.6) is 11.5 Å². The molecular weight excluding hydrogens is 369 g/mol. The van der Waals surface area contributed by atoms with E-state index in [-0.39, 0.29) is 5.91 Å². The fourth-order valence-corrected chi connectivity index (χ4v) is 2.97. The van der Waals surface area contributed by atoms with Gasteiger partial charge in [-0.25, -0.2) is 0 Å². The van der Waals surface area contributed by atoms with Gasteiger partial charge in [-0.3, -0.25) is 4.79 Å². The Kier molecular flexibility index (Phi) is 6.16. The molecule has 132 valence electrons. The molecule has 0 atom stereocenters. The maximum absolute atomic E-state index is 12.4. The van der Waals surface area contributed by atoms with Crippen LogP contribution in [0, 0.1) is 0 Å². The molecule has 0 spiro atoms. The van der Waals surface area contributed by atoms with E-state index in [9.17, 15) is 4.79 Å². The zero-order valence-corrected chi connectivity index (χ0v) is 15.4. The van der Waals surface area contributed by atoms with Crippen molar-refractivity contribution in [2.75, 3.05) is 6.54 Å². The van der Waals surface area contributed by atoms with Gasteiger partial charge in [0.25, 0.3) is 5.91 Å². The maximum Gasteiger partial charge on any atom is 0.251 e. The third-order valence-corrected chi connectivity index (χ3v) is 4.36. The van der Waals surface area contributed by atoms with Crippen molar-refractivity contribution in [2.45, 2.75) is 6.42 Å². The SMILES string of the molecule is O=C(NCCc1ccc(Cl)cc1Cl)c1cccc(Oc2ccccc2)c1. The lowest BCUT2D eigenvalue weighted by atomic mass is 10.1. The molecule has 0 heterocycles. The molecule has 0 saturated heterocycles. The van der Waals surface area contributed by atoms with Crippen LogP contribution < -0.4 is 10.1 Å². The average Bonchev–Trinajstić information content (AvgIpc) is 2.64. The number of halogens is 2. The minimum absolute atomic E-state index is 0.159. The molecule has 1 amide bonds. The minimum Gasteiger partial charge on any atom is -0.457 e. The molecule has 3 rings (SSSR count). The fraction of sp³-hybridized carbons (Fsp3) is 0.0952. The third-order valence-electron chi connectivity index (χ3n) is 3.77. The first kappa shape index (κ1) is 18.3. The normalized spacial score (nSPS) is 10.4. The highest BCUT2D eigenvalue weighted by Crippen LogP contribution is 2.22. The predicted octanol–water partition coefficient (Wildman–Crippen LogP) is 5.76. The van der Waals surface area contributed by atoms with Crippen molar-refractivity contribution in [3.8, 4) is 11.5 Å². The topological polar surface area (TPSA) is 38.3 Å². The second-order valence-electron chi connectivity index (χ2n) is 5.68. The fourth-order valence-electron chi connectivity index (χ4n) is 2.46. The van der Waals surface area contributed by atoms with E-state index in [4.69, 9.17) is 27.9 Å². The molecule has 0 fully saturated rings. The van der Waals surface area contributed by atoms with E-state index in [1.165, 1.54) is 0 Å². The Morgan fingerprint density at radius 3 is 2.42 bits per heavy atom. The number of ether oxygens (including phenoxy) is 1. The summed E-state index contributed by atoms with van der Waals surface area (Å²) in [5.41, 5.74) is 1.48. The molecule has 0 bridgehead atoms. The highest BCUT2D eigenvalue weighted by molar-refractivity contribution is 6.35. The van der Waals surface area contributed by atoms with Gasteiger partial charge in [0.05, 0.1) is 0 Å². The first-order valence-corrected chi connectivity index (χ1v) is 8.92. The van der Waals surface area contributed by atoms with Crippen molar-refractivity contribution in [3.63, 3.8) is 0 Å². The summed E-state index contributed by atoms with van der Waals surface area (Å²) in [7, 11) is 0. The van der Waals surface area contributed by atoms with Crippen LogP contribution in [0.25, 0.3) is 0 Å². The molecule has 0 aliphatic carbocycles. The lowest BCUT2D eigenvalue weighted by molar-refractivity contribution is 0.0954. The Balaban J connectivity index is 1.58. The van der Waals surface area contributed by atoms with E-state index in [0.29, 0.717) is 34.3 Å². The Morgan fingerprint density at radius 1 is 0.885 bits per heavy atom. The summed E-state index contributed by atoms with van der Waals surface area (Å²) >= 11 is 12.0. The predicted molar refractivity (Wildman–Crippen MR) is 105 cm³/mol. The Labute approximate surface area is 162 Å². The summed E-state index contributed by atoms with van der Waals surface area (Å²) in [5.74, 6) is 1.18. The zero-order chi connectivity index (χ0) is 18.4. The van der Waals surface area contributed by atoms with Crippen LogP contribution in [-0.2, 0) is 6.42 Å². The van der Waals surface area contributed by atoms with Gasteiger partial charge in [-0.05, 0) is 54.4 Å². The van der Waals surface area contributed by atoms with Crippen molar-refractivity contribution in [2.24, 2.45) is 0 Å². The van der Waals surface area contributed by atoms with Crippen LogP contribution in [0.3, 0.4) is 0 Å². The highest BCUT2D eigenvalue weighted by atomic mass is 35.5. The van der Waals surface area contributed by atoms with Crippen LogP contribution in [-0.4, -0.2) is 12.5 Å². The minimum atomic E-state index is -0.159. The van der Waals surface area contributed by atoms with Crippen molar-refractivity contribution >= 4 is 29.1 Å². The lowest BCUT2D eigenvalue weighted by Gasteiger charge is -2.09. The van der Waals surface area contributed by atoms with E-state index in [2.05, 4.69) is 5.32 Å². The van der Waals surface area contributed by atoms with Crippen molar-refractivity contribution in [1.29, 1.82) is 0 Å². The van der Waals surface area contributed by atoms with Crippen LogP contribution in [0.4, 0.5) is 0 Å². The second-order valence-corrected chi connectivity index (χ2v) is 6.53. The largest absolute Gasteiger partial charge is 0.457 e. The third kappa shape index (κ3) is 5.01. The smallest absolute Gasteiger partial charge is 0.251 e. The molecule has 3 aromatic carbocycles. The number of para-hydroxylation sites is 1. The number of benzene rings is 3. The summed E-state index contributed by atoms with van der Waals surface area (Å²) in [5, 5.41) is 4.09. The molecule has 0 aliphatic heterocycles. The number of nitrogens with one attached hydrogen (secondary N) is 1. The number of carbonyl (C=O) groups is 1. The first-order chi connectivity index (χ1) is 12.6. The van der Waals surface area contributed by atoms with Gasteiger partial charge in [0.2, 0.25) is 0 Å². The molecule has 26 heavy (non-hydrogen) atoms. The van der Waals surface area contributed by atoms with Crippen molar-refractivity contribution in [1.82, 2.24) is 5.32 Å². The molecule has 0 saturated carbocycles. The van der Waals surface area contributed by atoms with Crippen LogP contribution in [0.2, 0.25) is 10.0 Å². The van der Waals surface area contributed by atoms with E-state index < -0.39 is 0 Å². The zero-order valence-electron chi connectivity index (χ0n) is 13.9. The quantitative estimate of drug-likeness (QED) is 0.585. The number of amides is 1. The first-order valence-electron chi connectivity index (χ1n) is 8.17. The summed E-state index contributed by atoms with van der Waals surface area (Å²) in [4.78, 5) is 12.4. The monoisotopic (exact) mass is 385 g/mol. The van der Waals surface area contributed by atoms with E-state index in [1.54, 1.807) is 30.3 Å². The molecule has 0 aliphatic rings. The molecule has 5 heteroatoms. The van der Waals surface area contributed by atoms with Gasteiger partial charge < -0.3 is 10.1 Å². The van der Waals surface area contributed by atoms with E-state index in [0.717, 1.165) is 11.3 Å². The molecule has 0 unspecified atom stereocenters. The van der Waals surface area contributed by atoms with Gasteiger partial charge in [-0.2, -0.15) is 0 Å². The molecule has 0 aromatic heterocycles. The average molecular weight is 386 g/mol. The van der Waals surface area contributed by atoms with Crippen LogP contribution in [0.15, 0.2) is 72.8 Å². The molecule has 3 aromatic rings. The number of carbonyl (C=O) groups excluding carboxylic acids is 1. The van der Waals surface area contributed by atoms with Crippen molar-refractivity contribution in [3.05, 3.63) is 94.0 Å². The van der Waals surface area contributed by atoms with Gasteiger partial charge in [-0.15, -0.1) is 0 Å². The number of rotatable bonds is 6. The maximum atomic E-state index is 12.4. The number of hydrogen-bond acceptors (Lipinski definition) is 2. The van der Waals surface area contributed by atoms with Gasteiger partial charge >= 0.3 is 0 Å². The Bertz CT molecular complexity index is 898. The molecular formula is C21H17Cl2NO2. The summed E-state index contributed by atoms with van der Waals surface area (Å²) in [6.07, 6.45) is 0.627. The van der Waals surface area contributed by atoms with Crippen molar-refractivity contribution < 1.29 is 9.53 Å². The van der Waals surface area contributed by atoms with Crippen LogP contribution >= 0.6 is 23.2 Å². The van der Waals surface area contributed by atoms with Gasteiger partial charge in [-0.1, -0.05) is 53.5 Å². The standard InChI is InChI=1S/C21H17Cl2NO2/c22-17-10-9-15(20(23)14-17)11-12-24-21(25)16-5-4-8-19(13-16)26-18-6-2-1-3-7-18/h1-10,13-14H,11-12H2,(H,24,25). The molecule has 3 nitrogen and oxygen atoms in total. The van der Waals surface area contributed by atoms with Gasteiger partial charge in [0.1, 0.15) is 11.5 Å². The van der Waals surface area contributed by atoms with Crippen LogP contribution in [0.1, 0.15) is 15.9 Å². The lowest BCUT2D eigenvalue weighted by Crippen LogP contribution is -2.25. The Morgan fingerprint density at radius 2 is 1.65 bits per heavy atom. The summed E-state index contributed by atoms with van der Waals surface area (Å²) in [6, 6.07) is 21.9.